The van der Waals surface area contributed by atoms with Crippen molar-refractivity contribution < 1.29 is 31.1 Å². The first-order valence-corrected chi connectivity index (χ1v) is 11.8. The van der Waals surface area contributed by atoms with Gasteiger partial charge >= 0.3 is 6.18 Å². The van der Waals surface area contributed by atoms with Gasteiger partial charge < -0.3 is 10.1 Å². The quantitative estimate of drug-likeness (QED) is 0.437. The van der Waals surface area contributed by atoms with E-state index < -0.39 is 32.7 Å². The Hall–Kier alpha value is -3.08. The number of hydrogen-bond acceptors (Lipinski definition) is 4. The number of nitrogens with one attached hydrogen (secondary N) is 2. The molecule has 0 unspecified atom stereocenters. The second-order valence-electron chi connectivity index (χ2n) is 7.15. The zero-order valence-corrected chi connectivity index (χ0v) is 19.4. The number of amides is 1. The second kappa shape index (κ2) is 10.5. The van der Waals surface area contributed by atoms with Gasteiger partial charge in [-0.3, -0.25) is 4.79 Å². The molecule has 0 saturated carbocycles. The minimum atomic E-state index is -4.70. The van der Waals surface area contributed by atoms with Crippen molar-refractivity contribution in [2.45, 2.75) is 17.5 Å². The van der Waals surface area contributed by atoms with Crippen LogP contribution in [0.2, 0.25) is 5.02 Å². The molecule has 0 bridgehead atoms. The van der Waals surface area contributed by atoms with Crippen LogP contribution in [0.4, 0.5) is 18.9 Å². The molecule has 11 heteroatoms. The molecule has 0 atom stereocenters. The first-order valence-electron chi connectivity index (χ1n) is 9.91. The molecular weight excluding hydrogens is 493 g/mol. The largest absolute Gasteiger partial charge is 0.495 e. The van der Waals surface area contributed by atoms with Gasteiger partial charge in [0.1, 0.15) is 10.6 Å². The van der Waals surface area contributed by atoms with Gasteiger partial charge in [0.25, 0.3) is 5.91 Å². The Labute approximate surface area is 199 Å². The second-order valence-corrected chi connectivity index (χ2v) is 9.29. The third-order valence-electron chi connectivity index (χ3n) is 4.79. The summed E-state index contributed by atoms with van der Waals surface area (Å²) in [5, 5.41) is 1.82. The van der Waals surface area contributed by atoms with Gasteiger partial charge in [0.05, 0.1) is 17.7 Å². The van der Waals surface area contributed by atoms with Gasteiger partial charge in [-0.15, -0.1) is 0 Å². The van der Waals surface area contributed by atoms with Crippen molar-refractivity contribution in [1.82, 2.24) is 4.72 Å². The van der Waals surface area contributed by atoms with E-state index in [4.69, 9.17) is 16.3 Å². The smallest absolute Gasteiger partial charge is 0.417 e. The minimum Gasteiger partial charge on any atom is -0.495 e. The highest BCUT2D eigenvalue weighted by atomic mass is 35.5. The molecule has 0 spiro atoms. The molecule has 0 aliphatic rings. The van der Waals surface area contributed by atoms with Crippen LogP contribution in [-0.4, -0.2) is 28.0 Å². The number of carbonyl (C=O) groups is 1. The SMILES string of the molecule is COc1ccc(C(=O)Nc2ccc(Cl)c(C(F)(F)F)c2)cc1S(=O)(=O)NCCc1ccccc1. The Bertz CT molecular complexity index is 1280. The summed E-state index contributed by atoms with van der Waals surface area (Å²) in [7, 11) is -2.77. The molecule has 3 rings (SSSR count). The summed E-state index contributed by atoms with van der Waals surface area (Å²) in [4.78, 5) is 12.4. The number of anilines is 1. The molecule has 0 aromatic heterocycles. The fraction of sp³-hybridized carbons (Fsp3) is 0.174. The van der Waals surface area contributed by atoms with Crippen molar-refractivity contribution in [3.63, 3.8) is 0 Å². The van der Waals surface area contributed by atoms with Gasteiger partial charge in [0.15, 0.2) is 0 Å². The highest BCUT2D eigenvalue weighted by Crippen LogP contribution is 2.36. The molecule has 3 aromatic rings. The van der Waals surface area contributed by atoms with Crippen molar-refractivity contribution in [2.24, 2.45) is 0 Å². The van der Waals surface area contributed by atoms with Crippen LogP contribution in [0.25, 0.3) is 0 Å². The first kappa shape index (κ1) is 25.5. The van der Waals surface area contributed by atoms with E-state index in [0.717, 1.165) is 17.7 Å². The Balaban J connectivity index is 1.81. The van der Waals surface area contributed by atoms with Crippen LogP contribution in [0.1, 0.15) is 21.5 Å². The fourth-order valence-electron chi connectivity index (χ4n) is 3.10. The van der Waals surface area contributed by atoms with Crippen LogP contribution in [0.3, 0.4) is 0 Å². The Morgan fingerprint density at radius 1 is 1.03 bits per heavy atom. The zero-order valence-electron chi connectivity index (χ0n) is 17.8. The van der Waals surface area contributed by atoms with Crippen molar-refractivity contribution in [3.8, 4) is 5.75 Å². The third-order valence-corrected chi connectivity index (χ3v) is 6.61. The van der Waals surface area contributed by atoms with Crippen LogP contribution in [-0.2, 0) is 22.6 Å². The standard InChI is InChI=1S/C23H20ClF3N2O4S/c1-33-20-10-7-16(22(30)29-17-8-9-19(24)18(14-17)23(25,26)27)13-21(20)34(31,32)28-12-11-15-5-3-2-4-6-15/h2-10,13-14,28H,11-12H2,1H3,(H,29,30). The molecule has 0 fully saturated rings. The monoisotopic (exact) mass is 512 g/mol. The predicted octanol–water partition coefficient (Wildman–Crippen LogP) is 5.14. The molecule has 0 aliphatic heterocycles. The number of hydrogen-bond donors (Lipinski definition) is 2. The molecule has 0 aliphatic carbocycles. The van der Waals surface area contributed by atoms with Crippen LogP contribution in [0.5, 0.6) is 5.75 Å². The molecule has 1 amide bonds. The Kier molecular flexibility index (Phi) is 7.86. The number of benzene rings is 3. The number of ether oxygens (including phenoxy) is 1. The van der Waals surface area contributed by atoms with E-state index >= 15 is 0 Å². The average Bonchev–Trinajstić information content (AvgIpc) is 2.79. The van der Waals surface area contributed by atoms with E-state index in [2.05, 4.69) is 10.0 Å². The van der Waals surface area contributed by atoms with E-state index in [1.54, 1.807) is 0 Å². The van der Waals surface area contributed by atoms with Gasteiger partial charge in [-0.05, 0) is 48.4 Å². The van der Waals surface area contributed by atoms with E-state index in [0.29, 0.717) is 12.5 Å². The summed E-state index contributed by atoms with van der Waals surface area (Å²) in [6, 6.07) is 15.9. The summed E-state index contributed by atoms with van der Waals surface area (Å²) in [5.41, 5.74) is -0.408. The Morgan fingerprint density at radius 2 is 1.74 bits per heavy atom. The number of alkyl halides is 3. The third kappa shape index (κ3) is 6.28. The molecule has 0 radical (unpaired) electrons. The maximum Gasteiger partial charge on any atom is 0.417 e. The number of halogens is 4. The van der Waals surface area contributed by atoms with Crippen LogP contribution >= 0.6 is 11.6 Å². The van der Waals surface area contributed by atoms with Crippen molar-refractivity contribution in [2.75, 3.05) is 19.0 Å². The lowest BCUT2D eigenvalue weighted by atomic mass is 10.1. The maximum absolute atomic E-state index is 13.1. The lowest BCUT2D eigenvalue weighted by Crippen LogP contribution is -2.27. The fourth-order valence-corrected chi connectivity index (χ4v) is 4.55. The maximum atomic E-state index is 13.1. The number of sulfonamides is 1. The van der Waals surface area contributed by atoms with E-state index in [1.165, 1.54) is 25.3 Å². The van der Waals surface area contributed by atoms with E-state index in [9.17, 15) is 26.4 Å². The van der Waals surface area contributed by atoms with E-state index in [1.807, 2.05) is 30.3 Å². The molecule has 2 N–H and O–H groups in total. The van der Waals surface area contributed by atoms with Crippen molar-refractivity contribution in [1.29, 1.82) is 0 Å². The van der Waals surface area contributed by atoms with Crippen LogP contribution in [0.15, 0.2) is 71.6 Å². The van der Waals surface area contributed by atoms with Crippen molar-refractivity contribution >= 4 is 33.2 Å². The first-order chi connectivity index (χ1) is 16.0. The number of rotatable bonds is 8. The molecule has 0 heterocycles. The summed E-state index contributed by atoms with van der Waals surface area (Å²) in [6.45, 7) is 0.108. The summed E-state index contributed by atoms with van der Waals surface area (Å²) < 4.78 is 72.6. The predicted molar refractivity (Wildman–Crippen MR) is 123 cm³/mol. The summed E-state index contributed by atoms with van der Waals surface area (Å²) >= 11 is 5.60. The number of methoxy groups -OCH3 is 1. The average molecular weight is 513 g/mol. The highest BCUT2D eigenvalue weighted by molar-refractivity contribution is 7.89. The molecular formula is C23H20ClF3N2O4S. The summed E-state index contributed by atoms with van der Waals surface area (Å²) in [6.07, 6.45) is -4.26. The summed E-state index contributed by atoms with van der Waals surface area (Å²) in [5.74, 6) is -0.798. The van der Waals surface area contributed by atoms with Gasteiger partial charge in [-0.2, -0.15) is 13.2 Å². The number of carbonyl (C=O) groups excluding carboxylic acids is 1. The van der Waals surface area contributed by atoms with Crippen LogP contribution in [0, 0.1) is 0 Å². The van der Waals surface area contributed by atoms with Gasteiger partial charge in [-0.25, -0.2) is 13.1 Å². The lowest BCUT2D eigenvalue weighted by Gasteiger charge is -2.14. The molecule has 34 heavy (non-hydrogen) atoms. The van der Waals surface area contributed by atoms with Gasteiger partial charge in [-0.1, -0.05) is 41.9 Å². The topological polar surface area (TPSA) is 84.5 Å². The van der Waals surface area contributed by atoms with Crippen LogP contribution < -0.4 is 14.8 Å². The molecule has 0 saturated heterocycles. The molecule has 3 aromatic carbocycles. The van der Waals surface area contributed by atoms with Gasteiger partial charge in [0, 0.05) is 17.8 Å². The molecule has 6 nitrogen and oxygen atoms in total. The zero-order chi connectivity index (χ0) is 24.9. The normalized spacial score (nSPS) is 11.8. The molecule has 180 valence electrons. The van der Waals surface area contributed by atoms with Crippen molar-refractivity contribution in [3.05, 3.63) is 88.4 Å². The van der Waals surface area contributed by atoms with Gasteiger partial charge in [0.2, 0.25) is 10.0 Å². The van der Waals surface area contributed by atoms with E-state index in [-0.39, 0.29) is 28.4 Å². The lowest BCUT2D eigenvalue weighted by molar-refractivity contribution is -0.137. The minimum absolute atomic E-state index is 0.00890. The Morgan fingerprint density at radius 3 is 2.38 bits per heavy atom. The highest BCUT2D eigenvalue weighted by Gasteiger charge is 2.33.